The Bertz CT molecular complexity index is 2310. The molecule has 0 fully saturated rings. The van der Waals surface area contributed by atoms with Gasteiger partial charge in [-0.1, -0.05) is 66.7 Å². The molecule has 0 unspecified atom stereocenters. The molecular formula is C34H20B2N4. The molecule has 6 heteroatoms. The summed E-state index contributed by atoms with van der Waals surface area (Å²) in [6.07, 6.45) is 4.56. The van der Waals surface area contributed by atoms with Crippen LogP contribution in [0, 0.1) is 0 Å². The van der Waals surface area contributed by atoms with E-state index in [9.17, 15) is 0 Å². The molecule has 6 heterocycles. The number of hydrogen-bond donors (Lipinski definition) is 2. The topological polar surface area (TPSA) is 33.9 Å². The SMILES string of the molecule is c1ccc2c(c1)Nc1cc3c(c4c1B2n1ccc2cccc-4c21)Nc1cccc2c1B3n1ccc3cccc-2c31. The molecule has 5 aromatic carbocycles. The van der Waals surface area contributed by atoms with Crippen molar-refractivity contribution < 1.29 is 0 Å². The first-order valence-corrected chi connectivity index (χ1v) is 14.0. The number of benzene rings is 5. The Balaban J connectivity index is 1.31. The number of nitrogens with zero attached hydrogens (tertiary/aromatic N) is 2. The van der Waals surface area contributed by atoms with Gasteiger partial charge in [-0.3, -0.25) is 0 Å². The van der Waals surface area contributed by atoms with Crippen LogP contribution < -0.4 is 32.5 Å². The van der Waals surface area contributed by atoms with Crippen LogP contribution in [0.25, 0.3) is 44.1 Å². The third-order valence-corrected chi connectivity index (χ3v) is 9.73. The lowest BCUT2D eigenvalue weighted by atomic mass is 9.41. The van der Waals surface area contributed by atoms with E-state index in [1.807, 2.05) is 0 Å². The highest BCUT2D eigenvalue weighted by atomic mass is 15.0. The van der Waals surface area contributed by atoms with Crippen LogP contribution in [0.15, 0.2) is 109 Å². The molecule has 7 aromatic rings. The van der Waals surface area contributed by atoms with Gasteiger partial charge < -0.3 is 19.6 Å². The van der Waals surface area contributed by atoms with Crippen molar-refractivity contribution in [3.05, 3.63) is 109 Å². The minimum Gasteiger partial charge on any atom is -0.382 e. The third kappa shape index (κ3) is 2.11. The van der Waals surface area contributed by atoms with Gasteiger partial charge in [0.05, 0.1) is 0 Å². The van der Waals surface area contributed by atoms with Crippen LogP contribution in [0.1, 0.15) is 0 Å². The summed E-state index contributed by atoms with van der Waals surface area (Å²) >= 11 is 0. The number of nitrogens with one attached hydrogen (secondary N) is 2. The van der Waals surface area contributed by atoms with E-state index in [-0.39, 0.29) is 13.7 Å². The van der Waals surface area contributed by atoms with Gasteiger partial charge in [0.25, 0.3) is 0 Å². The fraction of sp³-hybridized carbons (Fsp3) is 0. The highest BCUT2D eigenvalue weighted by Gasteiger charge is 2.45. The van der Waals surface area contributed by atoms with E-state index in [0.717, 1.165) is 0 Å². The molecule has 4 aliphatic rings. The zero-order chi connectivity index (χ0) is 25.7. The normalized spacial score (nSPS) is 14.3. The van der Waals surface area contributed by atoms with Crippen molar-refractivity contribution in [2.45, 2.75) is 0 Å². The van der Waals surface area contributed by atoms with Crippen molar-refractivity contribution in [3.63, 3.8) is 0 Å². The van der Waals surface area contributed by atoms with Crippen LogP contribution in [-0.2, 0) is 0 Å². The Morgan fingerprint density at radius 3 is 2.02 bits per heavy atom. The lowest BCUT2D eigenvalue weighted by molar-refractivity contribution is 1.25. The molecule has 0 saturated heterocycles. The Hall–Kier alpha value is -5.09. The van der Waals surface area contributed by atoms with Crippen LogP contribution in [0.4, 0.5) is 22.7 Å². The molecule has 182 valence electrons. The molecule has 11 rings (SSSR count). The largest absolute Gasteiger partial charge is 0.382 e. The van der Waals surface area contributed by atoms with E-state index in [2.05, 4.69) is 129 Å². The molecule has 0 saturated carbocycles. The standard InChI is InChI=1S/C34H20B2N4/c1-2-12-26-24(11-1)35-31-28(37-26)18-25-32(29(31)23-10-4-7-20-15-17-40(35)34(20)23)38-27-13-5-8-21-22-9-3-6-19-14-16-39(33(19)22)36(25)30(21)27/h1-18,37-38H. The van der Waals surface area contributed by atoms with E-state index < -0.39 is 0 Å². The smallest absolute Gasteiger partial charge is 0.332 e. The fourth-order valence-corrected chi connectivity index (χ4v) is 8.25. The molecule has 0 atom stereocenters. The predicted octanol–water partition coefficient (Wildman–Crippen LogP) is 4.98. The number of para-hydroxylation sites is 3. The minimum atomic E-state index is 0.0988. The van der Waals surface area contributed by atoms with E-state index in [4.69, 9.17) is 0 Å². The summed E-state index contributed by atoms with van der Waals surface area (Å²) in [4.78, 5) is 0. The summed E-state index contributed by atoms with van der Waals surface area (Å²) in [5.74, 6) is 0. The van der Waals surface area contributed by atoms with Gasteiger partial charge in [0.15, 0.2) is 0 Å². The number of fused-ring (bicyclic) bond motifs is 9. The molecule has 0 radical (unpaired) electrons. The van der Waals surface area contributed by atoms with Crippen LogP contribution >= 0.6 is 0 Å². The summed E-state index contributed by atoms with van der Waals surface area (Å²) in [5.41, 5.74) is 18.1. The molecule has 4 nitrogen and oxygen atoms in total. The first-order chi connectivity index (χ1) is 19.8. The maximum Gasteiger partial charge on any atom is 0.332 e. The van der Waals surface area contributed by atoms with Gasteiger partial charge in [0, 0.05) is 50.5 Å². The van der Waals surface area contributed by atoms with Crippen molar-refractivity contribution in [2.75, 3.05) is 10.6 Å². The zero-order valence-electron chi connectivity index (χ0n) is 21.4. The van der Waals surface area contributed by atoms with Crippen molar-refractivity contribution in [1.29, 1.82) is 0 Å². The molecule has 40 heavy (non-hydrogen) atoms. The maximum absolute atomic E-state index is 4.00. The summed E-state index contributed by atoms with van der Waals surface area (Å²) in [7, 11) is 0. The molecule has 0 aliphatic carbocycles. The van der Waals surface area contributed by atoms with Crippen molar-refractivity contribution in [2.24, 2.45) is 0 Å². The van der Waals surface area contributed by atoms with Crippen LogP contribution in [0.3, 0.4) is 0 Å². The highest BCUT2D eigenvalue weighted by molar-refractivity contribution is 6.92. The molecule has 2 aromatic heterocycles. The number of rotatable bonds is 0. The van der Waals surface area contributed by atoms with Gasteiger partial charge in [0.2, 0.25) is 0 Å². The molecule has 2 N–H and O–H groups in total. The predicted molar refractivity (Wildman–Crippen MR) is 169 cm³/mol. The molecular weight excluding hydrogens is 486 g/mol. The monoisotopic (exact) mass is 506 g/mol. The van der Waals surface area contributed by atoms with Gasteiger partial charge >= 0.3 is 13.7 Å². The Morgan fingerprint density at radius 1 is 0.500 bits per heavy atom. The Morgan fingerprint density at radius 2 is 1.18 bits per heavy atom. The van der Waals surface area contributed by atoms with Crippen molar-refractivity contribution in [1.82, 2.24) is 8.96 Å². The molecule has 0 bridgehead atoms. The molecule has 0 amide bonds. The number of aromatic nitrogens is 2. The summed E-state index contributed by atoms with van der Waals surface area (Å²) in [6.45, 7) is 0.224. The lowest BCUT2D eigenvalue weighted by Crippen LogP contribution is -2.59. The van der Waals surface area contributed by atoms with Crippen molar-refractivity contribution in [3.8, 4) is 22.3 Å². The highest BCUT2D eigenvalue weighted by Crippen LogP contribution is 2.44. The summed E-state index contributed by atoms with van der Waals surface area (Å²) < 4.78 is 5.00. The van der Waals surface area contributed by atoms with Crippen molar-refractivity contribution >= 4 is 80.1 Å². The van der Waals surface area contributed by atoms with Gasteiger partial charge in [-0.25, -0.2) is 0 Å². The first-order valence-electron chi connectivity index (χ1n) is 14.0. The quantitative estimate of drug-likeness (QED) is 0.285. The van der Waals surface area contributed by atoms with E-state index in [0.29, 0.717) is 0 Å². The second kappa shape index (κ2) is 6.54. The average molecular weight is 506 g/mol. The summed E-state index contributed by atoms with van der Waals surface area (Å²) in [5, 5.41) is 10.5. The third-order valence-electron chi connectivity index (χ3n) is 9.73. The van der Waals surface area contributed by atoms with Crippen LogP contribution in [-0.4, -0.2) is 22.7 Å². The van der Waals surface area contributed by atoms with E-state index >= 15 is 0 Å². The Kier molecular flexibility index (Phi) is 3.26. The minimum absolute atomic E-state index is 0.0988. The average Bonchev–Trinajstić information content (AvgIpc) is 3.63. The molecule has 4 aliphatic heterocycles. The van der Waals surface area contributed by atoms with E-state index in [1.165, 1.54) is 88.7 Å². The van der Waals surface area contributed by atoms with Gasteiger partial charge in [-0.15, -0.1) is 0 Å². The van der Waals surface area contributed by atoms with Crippen LogP contribution in [0.5, 0.6) is 0 Å². The summed E-state index contributed by atoms with van der Waals surface area (Å²) in [6, 6.07) is 36.0. The van der Waals surface area contributed by atoms with E-state index in [1.54, 1.807) is 0 Å². The second-order valence-corrected chi connectivity index (χ2v) is 11.5. The van der Waals surface area contributed by atoms with Gasteiger partial charge in [-0.2, -0.15) is 0 Å². The second-order valence-electron chi connectivity index (χ2n) is 11.5. The number of anilines is 4. The van der Waals surface area contributed by atoms with Crippen LogP contribution in [0.2, 0.25) is 0 Å². The van der Waals surface area contributed by atoms with Gasteiger partial charge in [0.1, 0.15) is 0 Å². The fourth-order valence-electron chi connectivity index (χ4n) is 8.25. The zero-order valence-corrected chi connectivity index (χ0v) is 21.4. The lowest BCUT2D eigenvalue weighted by Gasteiger charge is -2.40. The number of hydrogen-bond acceptors (Lipinski definition) is 2. The van der Waals surface area contributed by atoms with Gasteiger partial charge in [-0.05, 0) is 80.9 Å². The first kappa shape index (κ1) is 19.9. The Labute approximate surface area is 231 Å². The maximum atomic E-state index is 4.00. The molecule has 0 spiro atoms.